The summed E-state index contributed by atoms with van der Waals surface area (Å²) in [5, 5.41) is 9.76. The Morgan fingerprint density at radius 3 is 2.55 bits per heavy atom. The molecule has 1 amide bonds. The van der Waals surface area contributed by atoms with Crippen molar-refractivity contribution >= 4 is 22.9 Å². The zero-order chi connectivity index (χ0) is 13.9. The number of hydrogen-bond acceptors (Lipinski definition) is 3. The molecule has 0 atom stereocenters. The summed E-state index contributed by atoms with van der Waals surface area (Å²) in [6, 6.07) is 12.8. The maximum Gasteiger partial charge on any atom is 0.288 e. The minimum absolute atomic E-state index is 0.231. The van der Waals surface area contributed by atoms with Gasteiger partial charge in [-0.25, -0.2) is 0 Å². The highest BCUT2D eigenvalue weighted by Crippen LogP contribution is 2.23. The van der Waals surface area contributed by atoms with E-state index in [0.717, 1.165) is 5.56 Å². The molecule has 3 rings (SSSR count). The van der Waals surface area contributed by atoms with Crippen molar-refractivity contribution in [2.75, 3.05) is 5.32 Å². The zero-order valence-corrected chi connectivity index (χ0v) is 11.2. The highest BCUT2D eigenvalue weighted by Gasteiger charge is 2.15. The second-order valence-corrected chi connectivity index (χ2v) is 5.07. The third kappa shape index (κ3) is 2.28. The van der Waals surface area contributed by atoms with Gasteiger partial charge in [0.15, 0.2) is 0 Å². The van der Waals surface area contributed by atoms with Crippen LogP contribution in [0.15, 0.2) is 52.6 Å². The Balaban J connectivity index is 1.96. The molecule has 5 nitrogen and oxygen atoms in total. The van der Waals surface area contributed by atoms with Crippen LogP contribution >= 0.6 is 11.3 Å². The number of anilines is 1. The number of rotatable bonds is 3. The lowest BCUT2D eigenvalue weighted by molar-refractivity contribution is 0.103. The molecule has 2 heterocycles. The van der Waals surface area contributed by atoms with E-state index in [1.807, 2.05) is 35.7 Å². The summed E-state index contributed by atoms with van der Waals surface area (Å²) < 4.78 is 0. The number of benzene rings is 1. The molecule has 0 aliphatic rings. The molecule has 0 bridgehead atoms. The second-order valence-electron chi connectivity index (χ2n) is 4.13. The Morgan fingerprint density at radius 2 is 1.85 bits per heavy atom. The number of nitrogens with one attached hydrogen (secondary N) is 3. The van der Waals surface area contributed by atoms with E-state index < -0.39 is 0 Å². The predicted octanol–water partition coefficient (Wildman–Crippen LogP) is 2.68. The fourth-order valence-corrected chi connectivity index (χ4v) is 2.50. The van der Waals surface area contributed by atoms with Crippen LogP contribution in [0.4, 0.5) is 5.69 Å². The first-order chi connectivity index (χ1) is 9.75. The molecule has 0 spiro atoms. The van der Waals surface area contributed by atoms with Crippen LogP contribution in [0.1, 0.15) is 9.67 Å². The number of carbonyl (C=O) groups is 1. The molecule has 0 unspecified atom stereocenters. The van der Waals surface area contributed by atoms with Crippen molar-refractivity contribution in [1.29, 1.82) is 0 Å². The summed E-state index contributed by atoms with van der Waals surface area (Å²) in [6.07, 6.45) is 0. The van der Waals surface area contributed by atoms with Crippen LogP contribution in [0.5, 0.6) is 0 Å². The average molecular weight is 285 g/mol. The lowest BCUT2D eigenvalue weighted by atomic mass is 10.1. The summed E-state index contributed by atoms with van der Waals surface area (Å²) >= 11 is 1.33. The Morgan fingerprint density at radius 1 is 1.05 bits per heavy atom. The van der Waals surface area contributed by atoms with E-state index >= 15 is 0 Å². The van der Waals surface area contributed by atoms with Crippen LogP contribution < -0.4 is 10.9 Å². The fraction of sp³-hybridized carbons (Fsp3) is 0. The Labute approximate surface area is 118 Å². The van der Waals surface area contributed by atoms with E-state index in [4.69, 9.17) is 0 Å². The number of aromatic amines is 2. The molecule has 2 aromatic heterocycles. The summed E-state index contributed by atoms with van der Waals surface area (Å²) in [7, 11) is 0. The first kappa shape index (κ1) is 12.4. The zero-order valence-electron chi connectivity index (χ0n) is 10.3. The first-order valence-corrected chi connectivity index (χ1v) is 6.84. The molecule has 0 saturated carbocycles. The maximum atomic E-state index is 12.0. The van der Waals surface area contributed by atoms with Gasteiger partial charge in [0.2, 0.25) is 0 Å². The summed E-state index contributed by atoms with van der Waals surface area (Å²) in [5.41, 5.74) is 1.27. The van der Waals surface area contributed by atoms with Gasteiger partial charge in [-0.1, -0.05) is 36.4 Å². The van der Waals surface area contributed by atoms with Crippen molar-refractivity contribution in [3.05, 3.63) is 63.1 Å². The number of aromatic nitrogens is 2. The SMILES string of the molecule is O=C(Nc1c(-c2ccccc2)[nH][nH]c1=O)c1cccs1. The standard InChI is InChI=1S/C14H11N3O2S/c18-13(10-7-4-8-20-10)15-12-11(16-17-14(12)19)9-5-2-1-3-6-9/h1-8H,(H,15,18)(H2,16,17,19). The predicted molar refractivity (Wildman–Crippen MR) is 79.1 cm³/mol. The van der Waals surface area contributed by atoms with Gasteiger partial charge < -0.3 is 5.32 Å². The monoisotopic (exact) mass is 285 g/mol. The molecular formula is C14H11N3O2S. The number of carbonyl (C=O) groups excluding carboxylic acids is 1. The van der Waals surface area contributed by atoms with Gasteiger partial charge in [0.1, 0.15) is 5.69 Å². The summed E-state index contributed by atoms with van der Waals surface area (Å²) in [5.74, 6) is -0.290. The van der Waals surface area contributed by atoms with Crippen LogP contribution in [0.3, 0.4) is 0 Å². The lowest BCUT2D eigenvalue weighted by Gasteiger charge is -2.03. The van der Waals surface area contributed by atoms with Crippen LogP contribution in [-0.4, -0.2) is 16.1 Å². The van der Waals surface area contributed by atoms with Gasteiger partial charge in [-0.05, 0) is 11.4 Å². The molecule has 0 fully saturated rings. The number of hydrogen-bond donors (Lipinski definition) is 3. The number of H-pyrrole nitrogens is 2. The molecular weight excluding hydrogens is 274 g/mol. The van der Waals surface area contributed by atoms with Crippen LogP contribution in [0, 0.1) is 0 Å². The molecule has 0 aliphatic carbocycles. The van der Waals surface area contributed by atoms with Gasteiger partial charge in [-0.3, -0.25) is 19.8 Å². The molecule has 3 aromatic rings. The summed E-state index contributed by atoms with van der Waals surface area (Å²) in [4.78, 5) is 24.4. The molecule has 1 aromatic carbocycles. The van der Waals surface area contributed by atoms with E-state index in [2.05, 4.69) is 15.5 Å². The van der Waals surface area contributed by atoms with Gasteiger partial charge in [0.05, 0.1) is 10.6 Å². The normalized spacial score (nSPS) is 10.4. The molecule has 20 heavy (non-hydrogen) atoms. The first-order valence-electron chi connectivity index (χ1n) is 5.96. The van der Waals surface area contributed by atoms with Crippen molar-refractivity contribution in [2.24, 2.45) is 0 Å². The van der Waals surface area contributed by atoms with E-state index in [1.165, 1.54) is 11.3 Å². The Bertz CT molecular complexity index is 772. The molecule has 0 aliphatic heterocycles. The summed E-state index contributed by atoms with van der Waals surface area (Å²) in [6.45, 7) is 0. The topological polar surface area (TPSA) is 77.8 Å². The maximum absolute atomic E-state index is 12.0. The van der Waals surface area contributed by atoms with Gasteiger partial charge in [0, 0.05) is 5.56 Å². The molecule has 0 radical (unpaired) electrons. The number of amides is 1. The van der Waals surface area contributed by atoms with Crippen LogP contribution in [-0.2, 0) is 0 Å². The molecule has 0 saturated heterocycles. The Kier molecular flexibility index (Phi) is 3.22. The van der Waals surface area contributed by atoms with Crippen LogP contribution in [0.25, 0.3) is 11.3 Å². The van der Waals surface area contributed by atoms with E-state index in [0.29, 0.717) is 10.6 Å². The highest BCUT2D eigenvalue weighted by atomic mass is 32.1. The molecule has 6 heteroatoms. The largest absolute Gasteiger partial charge is 0.315 e. The van der Waals surface area contributed by atoms with E-state index in [9.17, 15) is 9.59 Å². The quantitative estimate of drug-likeness (QED) is 0.692. The lowest BCUT2D eigenvalue weighted by Crippen LogP contribution is -2.16. The third-order valence-electron chi connectivity index (χ3n) is 2.82. The molecule has 3 N–H and O–H groups in total. The number of thiophene rings is 1. The highest BCUT2D eigenvalue weighted by molar-refractivity contribution is 7.12. The molecule has 100 valence electrons. The van der Waals surface area contributed by atoms with Gasteiger partial charge in [0.25, 0.3) is 11.5 Å². The van der Waals surface area contributed by atoms with Gasteiger partial charge >= 0.3 is 0 Å². The average Bonchev–Trinajstić information content (AvgIpc) is 3.11. The van der Waals surface area contributed by atoms with Crippen LogP contribution in [0.2, 0.25) is 0 Å². The van der Waals surface area contributed by atoms with Crippen molar-refractivity contribution in [2.45, 2.75) is 0 Å². The Hall–Kier alpha value is -2.60. The smallest absolute Gasteiger partial charge is 0.288 e. The van der Waals surface area contributed by atoms with Crippen molar-refractivity contribution in [3.63, 3.8) is 0 Å². The third-order valence-corrected chi connectivity index (χ3v) is 3.69. The second kappa shape index (κ2) is 5.18. The van der Waals surface area contributed by atoms with Gasteiger partial charge in [-0.15, -0.1) is 11.3 Å². The van der Waals surface area contributed by atoms with E-state index in [1.54, 1.807) is 12.1 Å². The van der Waals surface area contributed by atoms with E-state index in [-0.39, 0.29) is 17.2 Å². The minimum Gasteiger partial charge on any atom is -0.315 e. The van der Waals surface area contributed by atoms with Crippen molar-refractivity contribution in [1.82, 2.24) is 10.2 Å². The fourth-order valence-electron chi connectivity index (χ4n) is 1.88. The van der Waals surface area contributed by atoms with Crippen molar-refractivity contribution < 1.29 is 4.79 Å². The van der Waals surface area contributed by atoms with Crippen molar-refractivity contribution in [3.8, 4) is 11.3 Å². The van der Waals surface area contributed by atoms with Gasteiger partial charge in [-0.2, -0.15) is 0 Å². The minimum atomic E-state index is -0.353.